The summed E-state index contributed by atoms with van der Waals surface area (Å²) in [5.74, 6) is 0.798. The largest absolute Gasteiger partial charge is 0.369 e. The lowest BCUT2D eigenvalue weighted by atomic mass is 9.89. The maximum atomic E-state index is 2.69. The maximum absolute atomic E-state index is 2.69. The lowest BCUT2D eigenvalue weighted by Gasteiger charge is -2.45. The third-order valence-corrected chi connectivity index (χ3v) is 26.0. The molecule has 0 aromatic heterocycles. The highest BCUT2D eigenvalue weighted by atomic mass is 15.3. The molecular weight excluding hydrogens is 1360 g/mol. The van der Waals surface area contributed by atoms with Crippen LogP contribution >= 0.6 is 0 Å². The fraction of sp³-hybridized carbons (Fsp3) is 0.571. The highest BCUT2D eigenvalue weighted by Gasteiger charge is 2.33. The van der Waals surface area contributed by atoms with E-state index in [1.165, 1.54) is 261 Å². The Morgan fingerprint density at radius 1 is 0.270 bits per heavy atom. The molecule has 7 aromatic carbocycles. The Hall–Kier alpha value is -6.78. The average Bonchev–Trinajstić information content (AvgIpc) is 1.33. The number of nitrogens with zero attached hydrogens (tertiary/aromatic N) is 13. The van der Waals surface area contributed by atoms with Crippen LogP contribution in [0, 0.1) is 48.5 Å². The predicted molar refractivity (Wildman–Crippen MR) is 480 cm³/mol. The van der Waals surface area contributed by atoms with Gasteiger partial charge in [0, 0.05) is 196 Å². The third kappa shape index (κ3) is 26.6. The van der Waals surface area contributed by atoms with Crippen molar-refractivity contribution in [1.82, 2.24) is 39.2 Å². The quantitative estimate of drug-likeness (QED) is 0.138. The SMILES string of the molecule is C.Cc1ccc(C2CCN(C)CC2)cc1.Cc1ccc(CN2CCN(C)CC2)cc1.Cc1ccc(N2CC(C)N(C)C(C)C2)cc1.Cc1ccc(N2CCN(C)C(C)C2)cc1.Cc1ccc(N2CCN(C3CCC3)CC2)cc1.Cc1ccc(N2CCN3CCCC3C2)cc1.Cc1ccc(N2CCN3CCCCC3C2)cc1. The first-order valence-electron chi connectivity index (χ1n) is 43.2. The summed E-state index contributed by atoms with van der Waals surface area (Å²) in [4.78, 5) is 32.9. The number of fused-ring (bicyclic) bond motifs is 2. The molecule has 9 aliphatic heterocycles. The van der Waals surface area contributed by atoms with Crippen LogP contribution in [0.4, 0.5) is 28.4 Å². The van der Waals surface area contributed by atoms with E-state index in [0.717, 1.165) is 63.3 Å². The highest BCUT2D eigenvalue weighted by molar-refractivity contribution is 5.52. The van der Waals surface area contributed by atoms with Gasteiger partial charge in [0.1, 0.15) is 0 Å². The molecule has 0 amide bonds. The van der Waals surface area contributed by atoms with Crippen molar-refractivity contribution >= 4 is 28.4 Å². The van der Waals surface area contributed by atoms with E-state index in [0.29, 0.717) is 18.1 Å². The summed E-state index contributed by atoms with van der Waals surface area (Å²) in [6, 6.07) is 67.0. The Morgan fingerprint density at radius 3 is 1.03 bits per heavy atom. The molecule has 17 rings (SSSR count). The molecule has 10 aliphatic rings. The molecule has 0 spiro atoms. The number of piperidine rings is 2. The maximum Gasteiger partial charge on any atom is 0.0367 e. The van der Waals surface area contributed by atoms with Crippen LogP contribution < -0.4 is 24.5 Å². The second-order valence-corrected chi connectivity index (χ2v) is 34.8. The summed E-state index contributed by atoms with van der Waals surface area (Å²) in [7, 11) is 8.84. The van der Waals surface area contributed by atoms with Crippen LogP contribution in [-0.2, 0) is 6.54 Å². The van der Waals surface area contributed by atoms with Crippen LogP contribution in [0.2, 0.25) is 0 Å². The molecule has 606 valence electrons. The molecule has 13 heteroatoms. The summed E-state index contributed by atoms with van der Waals surface area (Å²) in [6.07, 6.45) is 14.0. The summed E-state index contributed by atoms with van der Waals surface area (Å²) in [6.45, 7) is 50.9. The molecule has 5 unspecified atom stereocenters. The van der Waals surface area contributed by atoms with Crippen molar-refractivity contribution in [1.29, 1.82) is 0 Å². The van der Waals surface area contributed by atoms with Crippen molar-refractivity contribution in [3.05, 3.63) is 220 Å². The minimum Gasteiger partial charge on any atom is -0.369 e. The van der Waals surface area contributed by atoms with E-state index in [1.807, 2.05) is 0 Å². The molecule has 0 radical (unpaired) electrons. The van der Waals surface area contributed by atoms with Crippen LogP contribution in [-0.4, -0.2) is 254 Å². The van der Waals surface area contributed by atoms with E-state index in [9.17, 15) is 0 Å². The highest BCUT2D eigenvalue weighted by Crippen LogP contribution is 2.32. The first kappa shape index (κ1) is 86.6. The minimum absolute atomic E-state index is 0. The number of rotatable bonds is 9. The van der Waals surface area contributed by atoms with Crippen molar-refractivity contribution in [2.75, 3.05) is 203 Å². The van der Waals surface area contributed by atoms with E-state index in [2.05, 4.69) is 331 Å². The molecule has 1 aliphatic carbocycles. The third-order valence-electron chi connectivity index (χ3n) is 26.0. The van der Waals surface area contributed by atoms with Gasteiger partial charge in [-0.15, -0.1) is 0 Å². The number of benzene rings is 7. The van der Waals surface area contributed by atoms with Gasteiger partial charge in [-0.2, -0.15) is 0 Å². The van der Waals surface area contributed by atoms with Gasteiger partial charge in [-0.1, -0.05) is 168 Å². The molecule has 9 saturated heterocycles. The number of hydrogen-bond donors (Lipinski definition) is 0. The van der Waals surface area contributed by atoms with E-state index >= 15 is 0 Å². The topological polar surface area (TPSA) is 42.1 Å². The van der Waals surface area contributed by atoms with Gasteiger partial charge in [0.05, 0.1) is 0 Å². The van der Waals surface area contributed by atoms with Gasteiger partial charge in [-0.3, -0.25) is 24.5 Å². The Labute approximate surface area is 676 Å². The zero-order valence-corrected chi connectivity index (χ0v) is 71.1. The van der Waals surface area contributed by atoms with Crippen molar-refractivity contribution < 1.29 is 0 Å². The number of aryl methyl sites for hydroxylation is 7. The Kier molecular flexibility index (Phi) is 34.1. The lowest BCUT2D eigenvalue weighted by molar-refractivity contribution is 0.120. The van der Waals surface area contributed by atoms with Crippen molar-refractivity contribution in [2.45, 2.75) is 190 Å². The van der Waals surface area contributed by atoms with Gasteiger partial charge in [0.2, 0.25) is 0 Å². The van der Waals surface area contributed by atoms with Gasteiger partial charge in [0.15, 0.2) is 0 Å². The molecule has 5 atom stereocenters. The number of piperazine rings is 6. The number of likely N-dealkylation sites (tertiary alicyclic amines) is 1. The van der Waals surface area contributed by atoms with Crippen LogP contribution in [0.25, 0.3) is 0 Å². The fourth-order valence-electron chi connectivity index (χ4n) is 17.5. The number of hydrogen-bond acceptors (Lipinski definition) is 13. The zero-order valence-electron chi connectivity index (χ0n) is 71.1. The molecule has 1 saturated carbocycles. The van der Waals surface area contributed by atoms with Gasteiger partial charge in [-0.05, 0) is 253 Å². The number of likely N-dealkylation sites (N-methyl/N-ethyl adjacent to an activating group) is 3. The van der Waals surface area contributed by atoms with Gasteiger partial charge < -0.3 is 39.2 Å². The Bertz CT molecular complexity index is 3690. The molecule has 13 nitrogen and oxygen atoms in total. The smallest absolute Gasteiger partial charge is 0.0367 e. The standard InChI is InChI=1S/2C15H22N2.C14H20N2.C14H22N2.2C13H20N2.C13H19N.CH4/c1-13-5-7-15(8-6-13)17-11-9-16(10-12-17)14-3-2-4-14;1-13-5-7-14(8-6-13)17-11-10-16-9-3-2-4-15(16)12-17;1-12-4-6-13(7-5-12)16-10-9-15-8-2-3-14(15)11-16;1-11-5-7-14(8-6-11)16-9-12(2)15(4)13(3)10-16;1-11-4-6-13(7-5-11)15-9-8-14(3)12(2)10-15;1-12-3-5-13(6-4-12)11-15-9-7-14(2)8-10-15;1-11-3-5-12(6-4-11)13-7-9-14(2)10-8-13;/h5-8,14H,2-4,9-12H2,1H3;5-8,15H,2-4,9-12H2,1H3;4-7,14H,2-3,8-11H2,1H3;5-8,12-13H,9-10H2,1-4H3;4-7,12H,8-10H2,1-3H3;3-6H,7-11H2,1-2H3;3-6,13H,7-10H2,1-2H3;1H4. The molecule has 0 N–H and O–H groups in total. The summed E-state index contributed by atoms with van der Waals surface area (Å²) in [5.41, 5.74) is 19.3. The molecule has 10 fully saturated rings. The fourth-order valence-corrected chi connectivity index (χ4v) is 17.5. The molecule has 9 heterocycles. The van der Waals surface area contributed by atoms with E-state index < -0.39 is 0 Å². The lowest BCUT2D eigenvalue weighted by Crippen LogP contribution is -2.55. The summed E-state index contributed by atoms with van der Waals surface area (Å²) in [5, 5.41) is 0. The summed E-state index contributed by atoms with van der Waals surface area (Å²) >= 11 is 0. The first-order valence-corrected chi connectivity index (χ1v) is 43.2. The molecular formula is C98H149N13. The Balaban J connectivity index is 0.000000138. The van der Waals surface area contributed by atoms with Crippen molar-refractivity contribution in [3.8, 4) is 0 Å². The average molecular weight is 1510 g/mol. The first-order chi connectivity index (χ1) is 53.2. The monoisotopic (exact) mass is 1510 g/mol. The minimum atomic E-state index is 0. The van der Waals surface area contributed by atoms with E-state index in [1.54, 1.807) is 0 Å². The van der Waals surface area contributed by atoms with Crippen LogP contribution in [0.15, 0.2) is 170 Å². The molecule has 0 bridgehead atoms. The molecule has 7 aromatic rings. The van der Waals surface area contributed by atoms with Crippen LogP contribution in [0.1, 0.15) is 148 Å². The van der Waals surface area contributed by atoms with Gasteiger partial charge in [0.25, 0.3) is 0 Å². The predicted octanol–water partition coefficient (Wildman–Crippen LogP) is 17.5. The van der Waals surface area contributed by atoms with Crippen LogP contribution in [0.5, 0.6) is 0 Å². The normalized spacial score (nSPS) is 23.3. The summed E-state index contributed by atoms with van der Waals surface area (Å²) < 4.78 is 0. The van der Waals surface area contributed by atoms with E-state index in [4.69, 9.17) is 0 Å². The molecule has 111 heavy (non-hydrogen) atoms. The van der Waals surface area contributed by atoms with Gasteiger partial charge in [-0.25, -0.2) is 0 Å². The second kappa shape index (κ2) is 43.6. The number of anilines is 5. The Morgan fingerprint density at radius 2 is 0.604 bits per heavy atom. The second-order valence-electron chi connectivity index (χ2n) is 34.8. The van der Waals surface area contributed by atoms with Crippen LogP contribution in [0.3, 0.4) is 0 Å². The van der Waals surface area contributed by atoms with E-state index in [-0.39, 0.29) is 7.43 Å². The van der Waals surface area contributed by atoms with Crippen molar-refractivity contribution in [3.63, 3.8) is 0 Å². The zero-order chi connectivity index (χ0) is 77.5. The van der Waals surface area contributed by atoms with Gasteiger partial charge >= 0.3 is 0 Å². The van der Waals surface area contributed by atoms with Crippen molar-refractivity contribution in [2.24, 2.45) is 0 Å².